The van der Waals surface area contributed by atoms with Gasteiger partial charge in [-0.05, 0) is 36.8 Å². The van der Waals surface area contributed by atoms with Gasteiger partial charge in [0.15, 0.2) is 0 Å². The van der Waals surface area contributed by atoms with Crippen molar-refractivity contribution in [1.29, 1.82) is 0 Å². The summed E-state index contributed by atoms with van der Waals surface area (Å²) in [6.45, 7) is 7.23. The van der Waals surface area contributed by atoms with Gasteiger partial charge in [0.2, 0.25) is 5.91 Å². The van der Waals surface area contributed by atoms with Crippen molar-refractivity contribution in [2.75, 3.05) is 51.4 Å². The molecule has 4 rings (SSSR count). The third-order valence-corrected chi connectivity index (χ3v) is 6.14. The second kappa shape index (κ2) is 11.5. The van der Waals surface area contributed by atoms with E-state index in [9.17, 15) is 4.79 Å². The predicted octanol–water partition coefficient (Wildman–Crippen LogP) is 4.37. The van der Waals surface area contributed by atoms with E-state index < -0.39 is 0 Å². The summed E-state index contributed by atoms with van der Waals surface area (Å²) < 4.78 is 5.48. The number of aliphatic imine (C=N–C) groups is 1. The number of amidine groups is 1. The molecule has 1 fully saturated rings. The second-order valence-corrected chi connectivity index (χ2v) is 8.78. The topological polar surface area (TPSA) is 69.2 Å². The molecule has 8 heteroatoms. The number of nitrogens with one attached hydrogen (secondary N) is 2. The molecule has 0 bridgehead atoms. The summed E-state index contributed by atoms with van der Waals surface area (Å²) in [6.07, 6.45) is 2.55. The second-order valence-electron chi connectivity index (χ2n) is 8.35. The molecule has 2 aromatic rings. The van der Waals surface area contributed by atoms with Crippen LogP contribution in [0, 0.1) is 0 Å². The van der Waals surface area contributed by atoms with Crippen LogP contribution in [0.1, 0.15) is 31.7 Å². The highest BCUT2D eigenvalue weighted by molar-refractivity contribution is 6.31. The van der Waals surface area contributed by atoms with E-state index in [1.807, 2.05) is 42.5 Å². The molecule has 2 aliphatic heterocycles. The van der Waals surface area contributed by atoms with E-state index in [-0.39, 0.29) is 5.91 Å². The van der Waals surface area contributed by atoms with E-state index in [1.165, 1.54) is 0 Å². The van der Waals surface area contributed by atoms with Crippen LogP contribution in [0.4, 0.5) is 17.1 Å². The minimum atomic E-state index is 0.0355. The normalized spacial score (nSPS) is 15.7. The van der Waals surface area contributed by atoms with Crippen molar-refractivity contribution < 1.29 is 9.53 Å². The molecule has 0 spiro atoms. The number of halogens is 1. The number of fused-ring (bicyclic) bond motifs is 2. The van der Waals surface area contributed by atoms with E-state index >= 15 is 0 Å². The van der Waals surface area contributed by atoms with Gasteiger partial charge in [-0.3, -0.25) is 9.69 Å². The van der Waals surface area contributed by atoms with Crippen molar-refractivity contribution in [3.8, 4) is 0 Å². The number of unbranched alkanes of at least 4 members (excludes halogenated alkanes) is 1. The third kappa shape index (κ3) is 6.25. The van der Waals surface area contributed by atoms with Crippen LogP contribution >= 0.6 is 11.6 Å². The average molecular weight is 470 g/mol. The maximum atomic E-state index is 12.1. The van der Waals surface area contributed by atoms with Gasteiger partial charge in [-0.2, -0.15) is 0 Å². The molecule has 33 heavy (non-hydrogen) atoms. The van der Waals surface area contributed by atoms with Crippen LogP contribution in [-0.2, 0) is 9.53 Å². The summed E-state index contributed by atoms with van der Waals surface area (Å²) in [5.74, 6) is 0.964. The van der Waals surface area contributed by atoms with Crippen LogP contribution in [0.2, 0.25) is 5.02 Å². The molecular formula is C25H32ClN5O2. The molecule has 176 valence electrons. The Balaban J connectivity index is 1.35. The van der Waals surface area contributed by atoms with Crippen molar-refractivity contribution in [1.82, 2.24) is 15.1 Å². The zero-order valence-electron chi connectivity index (χ0n) is 19.1. The van der Waals surface area contributed by atoms with Gasteiger partial charge >= 0.3 is 0 Å². The Bertz CT molecular complexity index is 989. The first-order valence-electron chi connectivity index (χ1n) is 11.7. The summed E-state index contributed by atoms with van der Waals surface area (Å²) in [4.78, 5) is 21.7. The van der Waals surface area contributed by atoms with Gasteiger partial charge in [0.25, 0.3) is 0 Å². The molecule has 7 nitrogen and oxygen atoms in total. The summed E-state index contributed by atoms with van der Waals surface area (Å²) in [5, 5.41) is 7.20. The van der Waals surface area contributed by atoms with Gasteiger partial charge in [-0.1, -0.05) is 37.1 Å². The van der Waals surface area contributed by atoms with Crippen LogP contribution in [0.25, 0.3) is 0 Å². The van der Waals surface area contributed by atoms with Crippen molar-refractivity contribution in [3.63, 3.8) is 0 Å². The minimum absolute atomic E-state index is 0.0355. The zero-order chi connectivity index (χ0) is 23.0. The molecule has 1 amide bonds. The maximum absolute atomic E-state index is 12.1. The largest absolute Gasteiger partial charge is 0.381 e. The molecule has 2 N–H and O–H groups in total. The quantitative estimate of drug-likeness (QED) is 0.562. The van der Waals surface area contributed by atoms with E-state index in [1.54, 1.807) is 0 Å². The number of hydrogen-bond acceptors (Lipinski definition) is 6. The first-order chi connectivity index (χ1) is 16.1. The molecule has 1 saturated heterocycles. The number of amides is 1. The first-order valence-corrected chi connectivity index (χ1v) is 12.1. The fourth-order valence-corrected chi connectivity index (χ4v) is 4.14. The molecule has 2 heterocycles. The Labute approximate surface area is 200 Å². The van der Waals surface area contributed by atoms with E-state index in [2.05, 4.69) is 27.4 Å². The zero-order valence-corrected chi connectivity index (χ0v) is 19.9. The lowest BCUT2D eigenvalue weighted by atomic mass is 10.1. The molecule has 0 aliphatic carbocycles. The highest BCUT2D eigenvalue weighted by Crippen LogP contribution is 2.35. The van der Waals surface area contributed by atoms with Crippen LogP contribution in [0.15, 0.2) is 47.5 Å². The number of anilines is 2. The van der Waals surface area contributed by atoms with Crippen LogP contribution in [0.3, 0.4) is 0 Å². The number of para-hydroxylation sites is 2. The third-order valence-electron chi connectivity index (χ3n) is 5.91. The minimum Gasteiger partial charge on any atom is -0.381 e. The summed E-state index contributed by atoms with van der Waals surface area (Å²) in [5.41, 5.74) is 3.90. The van der Waals surface area contributed by atoms with E-state index in [4.69, 9.17) is 21.3 Å². The first kappa shape index (κ1) is 23.5. The van der Waals surface area contributed by atoms with Crippen molar-refractivity contribution in [2.45, 2.75) is 26.2 Å². The molecule has 0 atom stereocenters. The number of carbonyl (C=O) groups excluding carboxylic acids is 1. The highest BCUT2D eigenvalue weighted by Gasteiger charge is 2.25. The number of hydrogen-bond donors (Lipinski definition) is 2. The van der Waals surface area contributed by atoms with E-state index in [0.717, 1.165) is 74.1 Å². The molecule has 0 saturated carbocycles. The molecule has 0 radical (unpaired) electrons. The number of rotatable bonds is 8. The monoisotopic (exact) mass is 469 g/mol. The SMILES string of the molecule is CCCCOCCC(=O)NCN1CCN(C2=Nc3ccccc3Nc3ccc(Cl)cc32)CC1. The molecule has 2 aliphatic rings. The van der Waals surface area contributed by atoms with Crippen LogP contribution < -0.4 is 10.6 Å². The number of piperazine rings is 1. The summed E-state index contributed by atoms with van der Waals surface area (Å²) in [6, 6.07) is 13.9. The fourth-order valence-electron chi connectivity index (χ4n) is 3.97. The van der Waals surface area contributed by atoms with Crippen LogP contribution in [0.5, 0.6) is 0 Å². The van der Waals surface area contributed by atoms with Crippen molar-refractivity contribution in [2.24, 2.45) is 4.99 Å². The Morgan fingerprint density at radius 3 is 2.76 bits per heavy atom. The fraction of sp³-hybridized carbons (Fsp3) is 0.440. The maximum Gasteiger partial charge on any atom is 0.223 e. The van der Waals surface area contributed by atoms with Gasteiger partial charge in [0, 0.05) is 55.5 Å². The molecular weight excluding hydrogens is 438 g/mol. The number of ether oxygens (including phenoxy) is 1. The van der Waals surface area contributed by atoms with Gasteiger partial charge in [-0.25, -0.2) is 4.99 Å². The standard InChI is InChI=1S/C25H32ClN5O2/c1-2-3-15-33-16-10-24(32)27-18-30-11-13-31(14-12-30)25-20-17-19(26)8-9-21(20)28-22-6-4-5-7-23(22)29-25/h4-9,17,28H,2-3,10-16,18H2,1H3,(H,27,32). The molecule has 0 aromatic heterocycles. The molecule has 0 unspecified atom stereocenters. The number of benzene rings is 2. The Morgan fingerprint density at radius 2 is 1.94 bits per heavy atom. The lowest BCUT2D eigenvalue weighted by Gasteiger charge is -2.36. The number of nitrogens with zero attached hydrogens (tertiary/aromatic N) is 3. The molecule has 2 aromatic carbocycles. The van der Waals surface area contributed by atoms with Gasteiger partial charge < -0.3 is 20.3 Å². The van der Waals surface area contributed by atoms with Gasteiger partial charge in [0.1, 0.15) is 5.84 Å². The predicted molar refractivity (Wildman–Crippen MR) is 134 cm³/mol. The Hall–Kier alpha value is -2.61. The van der Waals surface area contributed by atoms with E-state index in [0.29, 0.717) is 24.7 Å². The Kier molecular flexibility index (Phi) is 8.20. The average Bonchev–Trinajstić information content (AvgIpc) is 2.99. The Morgan fingerprint density at radius 1 is 1.12 bits per heavy atom. The highest BCUT2D eigenvalue weighted by atomic mass is 35.5. The summed E-state index contributed by atoms with van der Waals surface area (Å²) in [7, 11) is 0. The van der Waals surface area contributed by atoms with Crippen molar-refractivity contribution in [3.05, 3.63) is 53.1 Å². The van der Waals surface area contributed by atoms with Gasteiger partial charge in [0.05, 0.1) is 24.7 Å². The van der Waals surface area contributed by atoms with Gasteiger partial charge in [-0.15, -0.1) is 0 Å². The summed E-state index contributed by atoms with van der Waals surface area (Å²) >= 11 is 6.34. The smallest absolute Gasteiger partial charge is 0.223 e. The number of carbonyl (C=O) groups is 1. The lowest BCUT2D eigenvalue weighted by Crippen LogP contribution is -2.51. The van der Waals surface area contributed by atoms with Crippen molar-refractivity contribution >= 4 is 40.4 Å². The van der Waals surface area contributed by atoms with Crippen LogP contribution in [-0.4, -0.2) is 67.6 Å². The lowest BCUT2D eigenvalue weighted by molar-refractivity contribution is -0.122.